The fourth-order valence-corrected chi connectivity index (χ4v) is 1.82. The van der Waals surface area contributed by atoms with Crippen molar-refractivity contribution in [1.29, 1.82) is 0 Å². The average molecular weight is 271 g/mol. The predicted molar refractivity (Wildman–Crippen MR) is 77.3 cm³/mol. The number of ether oxygens (including phenoxy) is 1. The lowest BCUT2D eigenvalue weighted by molar-refractivity contribution is -0.151. The van der Waals surface area contributed by atoms with Gasteiger partial charge in [0.2, 0.25) is 0 Å². The van der Waals surface area contributed by atoms with E-state index in [2.05, 4.69) is 18.5 Å². The molecule has 1 rings (SSSR count). The summed E-state index contributed by atoms with van der Waals surface area (Å²) in [5, 5.41) is 0.482. The van der Waals surface area contributed by atoms with E-state index in [-0.39, 0.29) is 5.97 Å². The number of rotatable bonds is 4. The van der Waals surface area contributed by atoms with Gasteiger partial charge in [-0.25, -0.2) is 0 Å². The Labute approximate surface area is 107 Å². The highest BCUT2D eigenvalue weighted by Crippen LogP contribution is 2.18. The Kier molecular flexibility index (Phi) is 5.06. The van der Waals surface area contributed by atoms with Crippen LogP contribution in [0.3, 0.4) is 0 Å². The molecule has 94 valence electrons. The molecule has 0 aromatic heterocycles. The first-order valence-corrected chi connectivity index (χ1v) is 6.56. The van der Waals surface area contributed by atoms with E-state index in [1.165, 1.54) is 0 Å². The number of carbonyl (C=O) groups is 1. The molecule has 0 aliphatic carbocycles. The largest absolute Gasteiger partial charge is 0.455 e. The van der Waals surface area contributed by atoms with Gasteiger partial charge in [-0.3, -0.25) is 4.79 Å². The first-order valence-electron chi connectivity index (χ1n) is 5.40. The maximum absolute atomic E-state index is 11.7. The summed E-state index contributed by atoms with van der Waals surface area (Å²) in [6, 6.07) is 7.18. The minimum Gasteiger partial charge on any atom is -0.455 e. The lowest BCUT2D eigenvalue weighted by atomic mass is 10.1. The summed E-state index contributed by atoms with van der Waals surface area (Å²) in [6.07, 6.45) is 0.485. The van der Waals surface area contributed by atoms with Gasteiger partial charge in [-0.1, -0.05) is 33.5 Å². The molecule has 0 saturated heterocycles. The number of nitrogens with two attached hydrogens (primary N) is 1. The standard InChI is InChI=1S/C12H19NO2P2/c1-12(2,17)15-11(14)9(13)7-8-5-3-4-6-10(8)16/h3-6,9H,7,13,16-17H2,1-2H3. The predicted octanol–water partition coefficient (Wildman–Crippen LogP) is 1.21. The molecule has 1 aromatic rings. The van der Waals surface area contributed by atoms with Gasteiger partial charge in [0.05, 0.1) is 0 Å². The minimum absolute atomic E-state index is 0.377. The van der Waals surface area contributed by atoms with E-state index in [9.17, 15) is 4.79 Å². The van der Waals surface area contributed by atoms with Gasteiger partial charge in [0, 0.05) is 0 Å². The molecule has 0 saturated carbocycles. The zero-order chi connectivity index (χ0) is 13.1. The van der Waals surface area contributed by atoms with Crippen molar-refractivity contribution in [2.45, 2.75) is 31.7 Å². The van der Waals surface area contributed by atoms with E-state index in [1.54, 1.807) is 13.8 Å². The Bertz CT molecular complexity index is 402. The molecule has 2 N–H and O–H groups in total. The van der Waals surface area contributed by atoms with Crippen molar-refractivity contribution in [2.24, 2.45) is 5.73 Å². The molecule has 1 aromatic carbocycles. The second-order valence-corrected chi connectivity index (χ2v) is 6.55. The Balaban J connectivity index is 2.64. The molecule has 17 heavy (non-hydrogen) atoms. The molecule has 3 nitrogen and oxygen atoms in total. The molecule has 0 radical (unpaired) electrons. The molecule has 0 bridgehead atoms. The van der Waals surface area contributed by atoms with Gasteiger partial charge in [-0.15, -0.1) is 9.24 Å². The van der Waals surface area contributed by atoms with Gasteiger partial charge in [-0.05, 0) is 31.1 Å². The Hall–Kier alpha value is -0.490. The molecule has 5 heteroatoms. The van der Waals surface area contributed by atoms with E-state index in [0.717, 1.165) is 10.9 Å². The molecule has 0 heterocycles. The monoisotopic (exact) mass is 271 g/mol. The van der Waals surface area contributed by atoms with Crippen molar-refractivity contribution in [3.05, 3.63) is 29.8 Å². The summed E-state index contributed by atoms with van der Waals surface area (Å²) < 4.78 is 5.20. The Morgan fingerprint density at radius 3 is 2.59 bits per heavy atom. The molecule has 0 aliphatic rings. The van der Waals surface area contributed by atoms with E-state index in [4.69, 9.17) is 10.5 Å². The molecule has 3 atom stereocenters. The molecule has 0 spiro atoms. The third-order valence-electron chi connectivity index (χ3n) is 2.16. The topological polar surface area (TPSA) is 52.3 Å². The van der Waals surface area contributed by atoms with Crippen LogP contribution in [0.15, 0.2) is 24.3 Å². The highest BCUT2D eigenvalue weighted by Gasteiger charge is 2.22. The van der Waals surface area contributed by atoms with Crippen molar-refractivity contribution in [2.75, 3.05) is 0 Å². The second-order valence-electron chi connectivity index (χ2n) is 4.53. The van der Waals surface area contributed by atoms with Gasteiger partial charge in [0.15, 0.2) is 0 Å². The third-order valence-corrected chi connectivity index (χ3v) is 2.84. The van der Waals surface area contributed by atoms with E-state index >= 15 is 0 Å². The molecular formula is C12H19NO2P2. The highest BCUT2D eigenvalue weighted by molar-refractivity contribution is 7.27. The van der Waals surface area contributed by atoms with Gasteiger partial charge in [0.1, 0.15) is 11.4 Å². The maximum atomic E-state index is 11.7. The van der Waals surface area contributed by atoms with Crippen molar-refractivity contribution in [3.63, 3.8) is 0 Å². The first-order chi connectivity index (χ1) is 7.79. The lowest BCUT2D eigenvalue weighted by Gasteiger charge is -2.22. The van der Waals surface area contributed by atoms with Crippen molar-refractivity contribution in [1.82, 2.24) is 0 Å². The second kappa shape index (κ2) is 5.91. The summed E-state index contributed by atoms with van der Waals surface area (Å²) in [7, 11) is 5.10. The van der Waals surface area contributed by atoms with Gasteiger partial charge in [0.25, 0.3) is 0 Å². The van der Waals surface area contributed by atoms with Crippen LogP contribution in [0, 0.1) is 0 Å². The molecule has 3 unspecified atom stereocenters. The fourth-order valence-electron chi connectivity index (χ4n) is 1.38. The zero-order valence-corrected chi connectivity index (χ0v) is 12.5. The normalized spacial score (nSPS) is 13.2. The van der Waals surface area contributed by atoms with Crippen LogP contribution in [0.4, 0.5) is 0 Å². The zero-order valence-electron chi connectivity index (χ0n) is 10.1. The van der Waals surface area contributed by atoms with Crippen molar-refractivity contribution in [3.8, 4) is 0 Å². The summed E-state index contributed by atoms with van der Waals surface area (Å²) in [5.41, 5.74) is 6.88. The smallest absolute Gasteiger partial charge is 0.324 e. The SMILES string of the molecule is CC(C)(P)OC(=O)C(N)Cc1ccccc1P. The molecule has 0 aliphatic heterocycles. The number of benzene rings is 1. The fraction of sp³-hybridized carbons (Fsp3) is 0.417. The highest BCUT2D eigenvalue weighted by atomic mass is 31.0. The van der Waals surface area contributed by atoms with Crippen LogP contribution >= 0.6 is 18.5 Å². The van der Waals surface area contributed by atoms with Crippen LogP contribution in [0.2, 0.25) is 0 Å². The number of esters is 1. The van der Waals surface area contributed by atoms with E-state index in [0.29, 0.717) is 6.42 Å². The van der Waals surface area contributed by atoms with Crippen LogP contribution in [0.25, 0.3) is 0 Å². The van der Waals surface area contributed by atoms with E-state index in [1.807, 2.05) is 24.3 Å². The number of hydrogen-bond donors (Lipinski definition) is 1. The molecule has 0 amide bonds. The van der Waals surface area contributed by atoms with Crippen molar-refractivity contribution >= 4 is 29.8 Å². The third kappa shape index (κ3) is 5.12. The van der Waals surface area contributed by atoms with Gasteiger partial charge >= 0.3 is 5.97 Å². The Morgan fingerprint density at radius 1 is 1.47 bits per heavy atom. The summed E-state index contributed by atoms with van der Waals surface area (Å²) in [6.45, 7) is 3.60. The average Bonchev–Trinajstić information content (AvgIpc) is 2.18. The minimum atomic E-state index is -0.628. The summed E-state index contributed by atoms with van der Waals surface area (Å²) in [5.74, 6) is -0.377. The van der Waals surface area contributed by atoms with Crippen LogP contribution in [-0.4, -0.2) is 17.4 Å². The summed E-state index contributed by atoms with van der Waals surface area (Å²) in [4.78, 5) is 11.7. The van der Waals surface area contributed by atoms with Crippen LogP contribution < -0.4 is 11.0 Å². The van der Waals surface area contributed by atoms with Gasteiger partial charge in [-0.2, -0.15) is 0 Å². The lowest BCUT2D eigenvalue weighted by Crippen LogP contribution is -2.38. The maximum Gasteiger partial charge on any atom is 0.324 e. The molecular weight excluding hydrogens is 252 g/mol. The first kappa shape index (κ1) is 14.6. The quantitative estimate of drug-likeness (QED) is 0.661. The van der Waals surface area contributed by atoms with Crippen LogP contribution in [-0.2, 0) is 16.0 Å². The van der Waals surface area contributed by atoms with Crippen molar-refractivity contribution < 1.29 is 9.53 Å². The number of carbonyl (C=O) groups excluding carboxylic acids is 1. The van der Waals surface area contributed by atoms with Crippen LogP contribution in [0.1, 0.15) is 19.4 Å². The molecule has 0 fully saturated rings. The van der Waals surface area contributed by atoms with E-state index < -0.39 is 11.4 Å². The van der Waals surface area contributed by atoms with Crippen LogP contribution in [0.5, 0.6) is 0 Å². The number of hydrogen-bond acceptors (Lipinski definition) is 3. The Morgan fingerprint density at radius 2 is 2.06 bits per heavy atom. The van der Waals surface area contributed by atoms with Gasteiger partial charge < -0.3 is 10.5 Å². The summed E-state index contributed by atoms with van der Waals surface area (Å²) >= 11 is 0.